The highest BCUT2D eigenvalue weighted by Crippen LogP contribution is 2.16. The van der Waals surface area contributed by atoms with E-state index in [2.05, 4.69) is 15.5 Å². The lowest BCUT2D eigenvalue weighted by molar-refractivity contribution is -0.136. The molecule has 0 spiro atoms. The molecule has 0 aromatic heterocycles. The largest absolute Gasteiger partial charge is 0.481 e. The predicted molar refractivity (Wildman–Crippen MR) is 57.9 cm³/mol. The number of hydrogen-bond donors (Lipinski definition) is 2. The Morgan fingerprint density at radius 1 is 1.79 bits per heavy atom. The standard InChI is InChI=1S/C8H13N3O2S/c1-5-6(2)14-8(11-10-5)9-4-3-7(12)13/h6H,3-4H2,1-2H3,(H,9,11)(H,12,13). The fourth-order valence-electron chi connectivity index (χ4n) is 0.832. The monoisotopic (exact) mass is 215 g/mol. The summed E-state index contributed by atoms with van der Waals surface area (Å²) < 4.78 is 0. The van der Waals surface area contributed by atoms with Crippen LogP contribution in [-0.4, -0.2) is 33.7 Å². The first kappa shape index (κ1) is 11.0. The number of aliphatic imine (C=N–C) groups is 1. The third-order valence-electron chi connectivity index (χ3n) is 1.79. The molecule has 0 aliphatic carbocycles. The van der Waals surface area contributed by atoms with Crippen molar-refractivity contribution in [3.63, 3.8) is 0 Å². The zero-order valence-electron chi connectivity index (χ0n) is 8.15. The summed E-state index contributed by atoms with van der Waals surface area (Å²) in [6.45, 7) is 4.28. The van der Waals surface area contributed by atoms with Crippen LogP contribution in [0, 0.1) is 0 Å². The molecule has 1 unspecified atom stereocenters. The number of aliphatic carboxylic acids is 1. The van der Waals surface area contributed by atoms with Gasteiger partial charge < -0.3 is 5.11 Å². The molecular weight excluding hydrogens is 202 g/mol. The van der Waals surface area contributed by atoms with Crippen molar-refractivity contribution in [1.29, 1.82) is 0 Å². The minimum Gasteiger partial charge on any atom is -0.481 e. The molecule has 0 aromatic carbocycles. The molecule has 1 aliphatic heterocycles. The Hall–Kier alpha value is -1.04. The van der Waals surface area contributed by atoms with Gasteiger partial charge in [0.05, 0.1) is 13.0 Å². The first-order valence-corrected chi connectivity index (χ1v) is 5.20. The van der Waals surface area contributed by atoms with Gasteiger partial charge >= 0.3 is 5.97 Å². The van der Waals surface area contributed by atoms with E-state index in [1.165, 1.54) is 0 Å². The van der Waals surface area contributed by atoms with Crippen molar-refractivity contribution in [3.8, 4) is 0 Å². The first-order chi connectivity index (χ1) is 6.59. The molecular formula is C8H13N3O2S. The van der Waals surface area contributed by atoms with Gasteiger partial charge in [0.25, 0.3) is 0 Å². The van der Waals surface area contributed by atoms with Crippen LogP contribution in [0.25, 0.3) is 0 Å². The molecule has 0 amide bonds. The molecule has 5 nitrogen and oxygen atoms in total. The van der Waals surface area contributed by atoms with Gasteiger partial charge in [-0.15, -0.1) is 0 Å². The molecule has 1 aliphatic rings. The molecule has 0 saturated carbocycles. The van der Waals surface area contributed by atoms with Crippen LogP contribution in [0.15, 0.2) is 10.1 Å². The quantitative estimate of drug-likeness (QED) is 0.734. The smallest absolute Gasteiger partial charge is 0.305 e. The fourth-order valence-corrected chi connectivity index (χ4v) is 1.65. The van der Waals surface area contributed by atoms with E-state index in [9.17, 15) is 4.79 Å². The summed E-state index contributed by atoms with van der Waals surface area (Å²) in [6, 6.07) is 0. The molecule has 0 aromatic rings. The second-order valence-corrected chi connectivity index (χ2v) is 4.29. The topological polar surface area (TPSA) is 74.0 Å². The Labute approximate surface area is 86.7 Å². The average Bonchev–Trinajstić information content (AvgIpc) is 2.10. The maximum Gasteiger partial charge on any atom is 0.305 e. The zero-order valence-corrected chi connectivity index (χ0v) is 8.97. The van der Waals surface area contributed by atoms with Crippen LogP contribution in [0.3, 0.4) is 0 Å². The van der Waals surface area contributed by atoms with E-state index in [4.69, 9.17) is 5.11 Å². The minimum atomic E-state index is -0.831. The van der Waals surface area contributed by atoms with Gasteiger partial charge in [0.1, 0.15) is 0 Å². The Balaban J connectivity index is 2.43. The summed E-state index contributed by atoms with van der Waals surface area (Å²) >= 11 is 1.56. The average molecular weight is 215 g/mol. The van der Waals surface area contributed by atoms with Gasteiger partial charge in [-0.3, -0.25) is 15.2 Å². The van der Waals surface area contributed by atoms with E-state index in [-0.39, 0.29) is 6.42 Å². The highest BCUT2D eigenvalue weighted by Gasteiger charge is 2.15. The van der Waals surface area contributed by atoms with Crippen LogP contribution in [0.5, 0.6) is 0 Å². The normalized spacial score (nSPS) is 24.3. The van der Waals surface area contributed by atoms with Crippen molar-refractivity contribution in [2.75, 3.05) is 6.54 Å². The summed E-state index contributed by atoms with van der Waals surface area (Å²) in [6.07, 6.45) is 0.0584. The number of hydrogen-bond acceptors (Lipinski definition) is 4. The van der Waals surface area contributed by atoms with Crippen LogP contribution in [0.1, 0.15) is 20.3 Å². The van der Waals surface area contributed by atoms with Gasteiger partial charge in [-0.2, -0.15) is 5.10 Å². The molecule has 2 N–H and O–H groups in total. The predicted octanol–water partition coefficient (Wildman–Crippen LogP) is 0.918. The van der Waals surface area contributed by atoms with E-state index in [1.807, 2.05) is 13.8 Å². The third-order valence-corrected chi connectivity index (χ3v) is 2.92. The molecule has 6 heteroatoms. The van der Waals surface area contributed by atoms with Crippen molar-refractivity contribution in [2.45, 2.75) is 25.5 Å². The lowest BCUT2D eigenvalue weighted by atomic mass is 10.3. The van der Waals surface area contributed by atoms with Crippen molar-refractivity contribution < 1.29 is 9.90 Å². The van der Waals surface area contributed by atoms with Crippen LogP contribution >= 0.6 is 11.8 Å². The Kier molecular flexibility index (Phi) is 3.94. The van der Waals surface area contributed by atoms with Gasteiger partial charge in [0, 0.05) is 11.0 Å². The molecule has 0 fully saturated rings. The highest BCUT2D eigenvalue weighted by atomic mass is 32.2. The number of thioether (sulfide) groups is 1. The highest BCUT2D eigenvalue weighted by molar-refractivity contribution is 8.15. The summed E-state index contributed by atoms with van der Waals surface area (Å²) in [5.74, 6) is -0.831. The molecule has 14 heavy (non-hydrogen) atoms. The fraction of sp³-hybridized carbons (Fsp3) is 0.625. The summed E-state index contributed by atoms with van der Waals surface area (Å²) in [7, 11) is 0. The summed E-state index contributed by atoms with van der Waals surface area (Å²) in [5, 5.41) is 13.5. The number of amidine groups is 1. The second-order valence-electron chi connectivity index (χ2n) is 2.96. The maximum atomic E-state index is 10.2. The number of carboxylic acids is 1. The van der Waals surface area contributed by atoms with E-state index in [1.54, 1.807) is 11.8 Å². The number of nitrogens with one attached hydrogen (secondary N) is 1. The lowest BCUT2D eigenvalue weighted by Crippen LogP contribution is -2.28. The second kappa shape index (κ2) is 4.99. The van der Waals surface area contributed by atoms with Crippen LogP contribution in [-0.2, 0) is 4.79 Å². The Bertz CT molecular complexity index is 288. The summed E-state index contributed by atoms with van der Waals surface area (Å²) in [4.78, 5) is 14.3. The number of nitrogens with zero attached hydrogens (tertiary/aromatic N) is 2. The first-order valence-electron chi connectivity index (χ1n) is 4.32. The molecule has 1 rings (SSSR count). The molecule has 78 valence electrons. The zero-order chi connectivity index (χ0) is 10.6. The van der Waals surface area contributed by atoms with Crippen molar-refractivity contribution in [1.82, 2.24) is 5.43 Å². The van der Waals surface area contributed by atoms with Crippen molar-refractivity contribution in [3.05, 3.63) is 0 Å². The van der Waals surface area contributed by atoms with E-state index < -0.39 is 5.97 Å². The number of carbonyl (C=O) groups is 1. The summed E-state index contributed by atoms with van der Waals surface area (Å²) in [5.41, 5.74) is 3.80. The van der Waals surface area contributed by atoms with Gasteiger partial charge in [-0.05, 0) is 13.8 Å². The van der Waals surface area contributed by atoms with Crippen LogP contribution in [0.2, 0.25) is 0 Å². The van der Waals surface area contributed by atoms with Crippen LogP contribution in [0.4, 0.5) is 0 Å². The Morgan fingerprint density at radius 2 is 2.50 bits per heavy atom. The lowest BCUT2D eigenvalue weighted by Gasteiger charge is -2.17. The third kappa shape index (κ3) is 3.37. The number of hydrazone groups is 1. The molecule has 0 saturated heterocycles. The molecule has 1 heterocycles. The van der Waals surface area contributed by atoms with E-state index >= 15 is 0 Å². The van der Waals surface area contributed by atoms with Gasteiger partial charge in [-0.1, -0.05) is 11.8 Å². The van der Waals surface area contributed by atoms with E-state index in [0.29, 0.717) is 17.0 Å². The Morgan fingerprint density at radius 3 is 3.07 bits per heavy atom. The van der Waals surface area contributed by atoms with Crippen LogP contribution < -0.4 is 5.43 Å². The van der Waals surface area contributed by atoms with Crippen molar-refractivity contribution >= 4 is 28.6 Å². The van der Waals surface area contributed by atoms with Crippen molar-refractivity contribution in [2.24, 2.45) is 10.1 Å². The van der Waals surface area contributed by atoms with E-state index in [0.717, 1.165) is 5.71 Å². The minimum absolute atomic E-state index is 0.0584. The molecule has 0 bridgehead atoms. The number of carboxylic acid groups (broad SMARTS) is 1. The molecule has 0 radical (unpaired) electrons. The molecule has 1 atom stereocenters. The SMILES string of the molecule is CC1=NNC(=NCCC(=O)O)SC1C. The maximum absolute atomic E-state index is 10.2. The number of rotatable bonds is 3. The van der Waals surface area contributed by atoms with Gasteiger partial charge in [-0.25, -0.2) is 0 Å². The van der Waals surface area contributed by atoms with Gasteiger partial charge in [0.15, 0.2) is 5.17 Å². The van der Waals surface area contributed by atoms with Gasteiger partial charge in [0.2, 0.25) is 0 Å².